The summed E-state index contributed by atoms with van der Waals surface area (Å²) in [6.45, 7) is 4.28. The normalized spacial score (nSPS) is 22.8. The van der Waals surface area contributed by atoms with Gasteiger partial charge < -0.3 is 14.8 Å². The van der Waals surface area contributed by atoms with Crippen molar-refractivity contribution in [3.05, 3.63) is 59.8 Å². The standard InChI is InChI=1S/C21H26N2O3/c1-14(2)18-12-16(23-20(24)15-8-5-4-6-9-15)13-19(26-18)17-10-7-11-22-21(17)25-3/h4-11,14,16,18-19H,12-13H2,1-3H3,(H,23,24)/t16-,18-,19+/m1/s1. The van der Waals surface area contributed by atoms with Gasteiger partial charge in [0.1, 0.15) is 0 Å². The predicted octanol–water partition coefficient (Wildman–Crippen LogP) is 3.76. The number of pyridine rings is 1. The summed E-state index contributed by atoms with van der Waals surface area (Å²) >= 11 is 0. The van der Waals surface area contributed by atoms with Crippen LogP contribution in [-0.4, -0.2) is 30.1 Å². The Bertz CT molecular complexity index is 733. The smallest absolute Gasteiger partial charge is 0.251 e. The molecule has 1 aromatic heterocycles. The Balaban J connectivity index is 1.79. The summed E-state index contributed by atoms with van der Waals surface area (Å²) in [6.07, 6.45) is 3.12. The van der Waals surface area contributed by atoms with E-state index in [-0.39, 0.29) is 24.2 Å². The highest BCUT2D eigenvalue weighted by Gasteiger charge is 2.34. The van der Waals surface area contributed by atoms with Crippen molar-refractivity contribution in [2.75, 3.05) is 7.11 Å². The molecule has 5 nitrogen and oxygen atoms in total. The number of nitrogens with zero attached hydrogens (tertiary/aromatic N) is 1. The lowest BCUT2D eigenvalue weighted by Crippen LogP contribution is -2.44. The molecule has 5 heteroatoms. The highest BCUT2D eigenvalue weighted by atomic mass is 16.5. The van der Waals surface area contributed by atoms with Crippen molar-refractivity contribution in [1.82, 2.24) is 10.3 Å². The van der Waals surface area contributed by atoms with E-state index in [0.29, 0.717) is 23.8 Å². The molecule has 0 bridgehead atoms. The van der Waals surface area contributed by atoms with E-state index in [0.717, 1.165) is 12.0 Å². The molecule has 0 aliphatic carbocycles. The number of hydrogen-bond acceptors (Lipinski definition) is 4. The summed E-state index contributed by atoms with van der Waals surface area (Å²) in [7, 11) is 1.61. The third-order valence-corrected chi connectivity index (χ3v) is 4.81. The van der Waals surface area contributed by atoms with Crippen LogP contribution >= 0.6 is 0 Å². The lowest BCUT2D eigenvalue weighted by Gasteiger charge is -2.38. The number of carbonyl (C=O) groups is 1. The Morgan fingerprint density at radius 2 is 1.96 bits per heavy atom. The SMILES string of the molecule is COc1ncccc1[C@@H]1C[C@H](NC(=O)c2ccccc2)C[C@H](C(C)C)O1. The molecule has 1 N–H and O–H groups in total. The Labute approximate surface area is 154 Å². The second-order valence-electron chi connectivity index (χ2n) is 7.02. The molecule has 1 aliphatic rings. The van der Waals surface area contributed by atoms with Crippen LogP contribution in [0.2, 0.25) is 0 Å². The Morgan fingerprint density at radius 3 is 2.65 bits per heavy atom. The monoisotopic (exact) mass is 354 g/mol. The first-order valence-electron chi connectivity index (χ1n) is 9.08. The highest BCUT2D eigenvalue weighted by Crippen LogP contribution is 2.37. The molecule has 3 atom stereocenters. The van der Waals surface area contributed by atoms with Gasteiger partial charge >= 0.3 is 0 Å². The zero-order valence-electron chi connectivity index (χ0n) is 15.5. The average molecular weight is 354 g/mol. The molecule has 1 fully saturated rings. The molecule has 0 unspecified atom stereocenters. The molecular weight excluding hydrogens is 328 g/mol. The van der Waals surface area contributed by atoms with E-state index in [2.05, 4.69) is 24.1 Å². The third-order valence-electron chi connectivity index (χ3n) is 4.81. The first-order chi connectivity index (χ1) is 12.6. The topological polar surface area (TPSA) is 60.5 Å². The summed E-state index contributed by atoms with van der Waals surface area (Å²) < 4.78 is 11.7. The lowest BCUT2D eigenvalue weighted by atomic mass is 9.90. The number of amides is 1. The molecule has 1 saturated heterocycles. The van der Waals surface area contributed by atoms with Gasteiger partial charge in [-0.25, -0.2) is 4.98 Å². The molecule has 138 valence electrons. The van der Waals surface area contributed by atoms with E-state index in [9.17, 15) is 4.79 Å². The van der Waals surface area contributed by atoms with Crippen LogP contribution in [0.1, 0.15) is 48.7 Å². The molecule has 1 aromatic carbocycles. The van der Waals surface area contributed by atoms with E-state index in [4.69, 9.17) is 9.47 Å². The van der Waals surface area contributed by atoms with E-state index in [1.54, 1.807) is 13.3 Å². The molecule has 0 radical (unpaired) electrons. The summed E-state index contributed by atoms with van der Waals surface area (Å²) in [4.78, 5) is 16.9. The predicted molar refractivity (Wildman–Crippen MR) is 100 cm³/mol. The summed E-state index contributed by atoms with van der Waals surface area (Å²) in [5.41, 5.74) is 1.61. The largest absolute Gasteiger partial charge is 0.481 e. The minimum absolute atomic E-state index is 0.0405. The molecule has 26 heavy (non-hydrogen) atoms. The van der Waals surface area contributed by atoms with Crippen LogP contribution in [-0.2, 0) is 4.74 Å². The van der Waals surface area contributed by atoms with Gasteiger partial charge in [-0.3, -0.25) is 4.79 Å². The maximum atomic E-state index is 12.6. The molecule has 0 spiro atoms. The number of nitrogens with one attached hydrogen (secondary N) is 1. The van der Waals surface area contributed by atoms with Crippen LogP contribution in [0.5, 0.6) is 5.88 Å². The molecule has 0 saturated carbocycles. The van der Waals surface area contributed by atoms with Gasteiger partial charge in [0.05, 0.1) is 19.3 Å². The second kappa shape index (κ2) is 8.32. The van der Waals surface area contributed by atoms with Gasteiger partial charge in [0.15, 0.2) is 0 Å². The van der Waals surface area contributed by atoms with Gasteiger partial charge in [0.2, 0.25) is 5.88 Å². The van der Waals surface area contributed by atoms with E-state index >= 15 is 0 Å². The second-order valence-corrected chi connectivity index (χ2v) is 7.02. The van der Waals surface area contributed by atoms with Crippen molar-refractivity contribution >= 4 is 5.91 Å². The average Bonchev–Trinajstić information content (AvgIpc) is 2.68. The molecule has 1 amide bonds. The molecule has 2 aromatic rings. The van der Waals surface area contributed by atoms with Crippen molar-refractivity contribution in [3.63, 3.8) is 0 Å². The third kappa shape index (κ3) is 4.22. The molecule has 1 aliphatic heterocycles. The Morgan fingerprint density at radius 1 is 1.19 bits per heavy atom. The maximum absolute atomic E-state index is 12.6. The number of benzene rings is 1. The maximum Gasteiger partial charge on any atom is 0.251 e. The van der Waals surface area contributed by atoms with Gasteiger partial charge in [-0.1, -0.05) is 32.0 Å². The van der Waals surface area contributed by atoms with Crippen molar-refractivity contribution < 1.29 is 14.3 Å². The lowest BCUT2D eigenvalue weighted by molar-refractivity contribution is -0.0831. The van der Waals surface area contributed by atoms with Crippen LogP contribution in [0.4, 0.5) is 0 Å². The first-order valence-corrected chi connectivity index (χ1v) is 9.08. The number of methoxy groups -OCH3 is 1. The summed E-state index contributed by atoms with van der Waals surface area (Å²) in [6, 6.07) is 13.2. The van der Waals surface area contributed by atoms with Crippen LogP contribution in [0.15, 0.2) is 48.7 Å². The molecular formula is C21H26N2O3. The van der Waals surface area contributed by atoms with Crippen molar-refractivity contribution in [3.8, 4) is 5.88 Å². The van der Waals surface area contributed by atoms with Gasteiger partial charge in [-0.15, -0.1) is 0 Å². The molecule has 3 rings (SSSR count). The number of ether oxygens (including phenoxy) is 2. The van der Waals surface area contributed by atoms with E-state index in [1.807, 2.05) is 42.5 Å². The number of carbonyl (C=O) groups excluding carboxylic acids is 1. The number of aromatic nitrogens is 1. The summed E-state index contributed by atoms with van der Waals surface area (Å²) in [5, 5.41) is 3.18. The van der Waals surface area contributed by atoms with E-state index in [1.165, 1.54) is 0 Å². The van der Waals surface area contributed by atoms with Crippen LogP contribution in [0, 0.1) is 5.92 Å². The zero-order valence-corrected chi connectivity index (χ0v) is 15.5. The zero-order chi connectivity index (χ0) is 18.5. The van der Waals surface area contributed by atoms with Crippen molar-refractivity contribution in [1.29, 1.82) is 0 Å². The van der Waals surface area contributed by atoms with Crippen LogP contribution in [0.3, 0.4) is 0 Å². The minimum Gasteiger partial charge on any atom is -0.481 e. The van der Waals surface area contributed by atoms with Crippen molar-refractivity contribution in [2.45, 2.75) is 44.9 Å². The minimum atomic E-state index is -0.152. The number of hydrogen-bond donors (Lipinski definition) is 1. The van der Waals surface area contributed by atoms with E-state index < -0.39 is 0 Å². The Kier molecular flexibility index (Phi) is 5.89. The highest BCUT2D eigenvalue weighted by molar-refractivity contribution is 5.94. The number of rotatable bonds is 5. The van der Waals surface area contributed by atoms with Gasteiger partial charge in [0.25, 0.3) is 5.91 Å². The Hall–Kier alpha value is -2.40. The quantitative estimate of drug-likeness (QED) is 0.888. The van der Waals surface area contributed by atoms with Crippen molar-refractivity contribution in [2.24, 2.45) is 5.92 Å². The van der Waals surface area contributed by atoms with Gasteiger partial charge in [-0.2, -0.15) is 0 Å². The van der Waals surface area contributed by atoms with Gasteiger partial charge in [0, 0.05) is 23.4 Å². The fraction of sp³-hybridized carbons (Fsp3) is 0.429. The van der Waals surface area contributed by atoms with Crippen LogP contribution < -0.4 is 10.1 Å². The molecule has 2 heterocycles. The summed E-state index contributed by atoms with van der Waals surface area (Å²) in [5.74, 6) is 0.892. The fourth-order valence-electron chi connectivity index (χ4n) is 3.38. The fourth-order valence-corrected chi connectivity index (χ4v) is 3.38. The first kappa shape index (κ1) is 18.4. The van der Waals surface area contributed by atoms with Crippen LogP contribution in [0.25, 0.3) is 0 Å². The van der Waals surface area contributed by atoms with Gasteiger partial charge in [-0.05, 0) is 43.0 Å².